The molecule has 1 aromatic carbocycles. The van der Waals surface area contributed by atoms with E-state index in [2.05, 4.69) is 10.3 Å². The molecule has 3 rings (SSSR count). The number of carbonyl (C=O) groups excluding carboxylic acids is 2. The number of aliphatic imine (C=N–C) groups is 1. The van der Waals surface area contributed by atoms with Crippen molar-refractivity contribution in [1.29, 1.82) is 0 Å². The van der Waals surface area contributed by atoms with Gasteiger partial charge in [-0.1, -0.05) is 65.6 Å². The highest BCUT2D eigenvalue weighted by atomic mass is 32.2. The number of aryl methyl sites for hydroxylation is 1. The monoisotopic (exact) mass is 391 g/mol. The maximum Gasteiger partial charge on any atom is 0.266 e. The Morgan fingerprint density at radius 3 is 2.84 bits per heavy atom. The van der Waals surface area contributed by atoms with E-state index >= 15 is 0 Å². The SMILES string of the molecule is Cc1ccc(/C=C2\SC(=S)N(CCC(=O)NC3=NCCS3)C2=O)cc1. The van der Waals surface area contributed by atoms with E-state index in [9.17, 15) is 9.59 Å². The van der Waals surface area contributed by atoms with Gasteiger partial charge in [-0.25, -0.2) is 0 Å². The fourth-order valence-electron chi connectivity index (χ4n) is 2.31. The van der Waals surface area contributed by atoms with Crippen molar-refractivity contribution in [2.45, 2.75) is 13.3 Å². The fraction of sp³-hybridized carbons (Fsp3) is 0.294. The van der Waals surface area contributed by atoms with Crippen LogP contribution >= 0.6 is 35.7 Å². The van der Waals surface area contributed by atoms with Crippen LogP contribution in [0.15, 0.2) is 34.2 Å². The standard InChI is InChI=1S/C17H17N3O2S3/c1-11-2-4-12(5-3-11)10-13-15(22)20(17(23)25-13)8-6-14(21)19-16-18-7-9-24-16/h2-5,10H,6-9H2,1H3,(H,18,19,21)/b13-10-. The highest BCUT2D eigenvalue weighted by molar-refractivity contribution is 8.26. The molecule has 0 aromatic heterocycles. The molecular weight excluding hydrogens is 374 g/mol. The van der Waals surface area contributed by atoms with Crippen molar-refractivity contribution < 1.29 is 9.59 Å². The minimum Gasteiger partial charge on any atom is -0.305 e. The Bertz CT molecular complexity index is 772. The van der Waals surface area contributed by atoms with Crippen molar-refractivity contribution in [1.82, 2.24) is 10.2 Å². The maximum absolute atomic E-state index is 12.5. The molecule has 1 fully saturated rings. The van der Waals surface area contributed by atoms with Crippen LogP contribution in [0.25, 0.3) is 6.08 Å². The summed E-state index contributed by atoms with van der Waals surface area (Å²) in [6, 6.07) is 7.94. The number of nitrogens with zero attached hydrogens (tertiary/aromatic N) is 2. The Morgan fingerprint density at radius 1 is 1.40 bits per heavy atom. The Kier molecular flexibility index (Phi) is 5.93. The molecule has 25 heavy (non-hydrogen) atoms. The second-order valence-corrected chi connectivity index (χ2v) is 8.34. The van der Waals surface area contributed by atoms with Gasteiger partial charge in [-0.05, 0) is 18.6 Å². The molecule has 0 atom stereocenters. The van der Waals surface area contributed by atoms with Crippen molar-refractivity contribution in [3.63, 3.8) is 0 Å². The predicted molar refractivity (Wildman–Crippen MR) is 109 cm³/mol. The van der Waals surface area contributed by atoms with E-state index in [0.717, 1.165) is 17.9 Å². The van der Waals surface area contributed by atoms with Crippen molar-refractivity contribution in [2.75, 3.05) is 18.8 Å². The molecular formula is C17H17N3O2S3. The maximum atomic E-state index is 12.5. The molecule has 5 nitrogen and oxygen atoms in total. The van der Waals surface area contributed by atoms with Crippen LogP contribution in [0.1, 0.15) is 17.5 Å². The van der Waals surface area contributed by atoms with Gasteiger partial charge in [0.1, 0.15) is 4.32 Å². The first kappa shape index (κ1) is 18.2. The number of amidine groups is 1. The van der Waals surface area contributed by atoms with Crippen LogP contribution in [-0.4, -0.2) is 45.0 Å². The summed E-state index contributed by atoms with van der Waals surface area (Å²) in [4.78, 5) is 30.8. The van der Waals surface area contributed by atoms with Crippen molar-refractivity contribution >= 4 is 63.1 Å². The van der Waals surface area contributed by atoms with Crippen LogP contribution in [-0.2, 0) is 9.59 Å². The average molecular weight is 392 g/mol. The number of nitrogens with one attached hydrogen (secondary N) is 1. The van der Waals surface area contributed by atoms with Crippen molar-refractivity contribution in [3.05, 3.63) is 40.3 Å². The zero-order valence-corrected chi connectivity index (χ0v) is 16.1. The molecule has 1 saturated heterocycles. The third kappa shape index (κ3) is 4.71. The largest absolute Gasteiger partial charge is 0.305 e. The number of rotatable bonds is 4. The van der Waals surface area contributed by atoms with Crippen LogP contribution in [0, 0.1) is 6.92 Å². The molecule has 0 spiro atoms. The number of thiocarbonyl (C=S) groups is 1. The summed E-state index contributed by atoms with van der Waals surface area (Å²) in [5.74, 6) is 0.606. The summed E-state index contributed by atoms with van der Waals surface area (Å²) in [5, 5.41) is 3.42. The molecule has 1 aromatic rings. The van der Waals surface area contributed by atoms with Gasteiger partial charge in [0.15, 0.2) is 5.17 Å². The number of benzene rings is 1. The summed E-state index contributed by atoms with van der Waals surface area (Å²) in [6.07, 6.45) is 2.03. The quantitative estimate of drug-likeness (QED) is 0.632. The second kappa shape index (κ2) is 8.16. The van der Waals surface area contributed by atoms with Crippen LogP contribution in [0.5, 0.6) is 0 Å². The summed E-state index contributed by atoms with van der Waals surface area (Å²) in [7, 11) is 0. The molecule has 2 amide bonds. The molecule has 2 aliphatic heterocycles. The summed E-state index contributed by atoms with van der Waals surface area (Å²) >= 11 is 8.10. The van der Waals surface area contributed by atoms with E-state index < -0.39 is 0 Å². The van der Waals surface area contributed by atoms with Gasteiger partial charge in [-0.3, -0.25) is 19.5 Å². The van der Waals surface area contributed by atoms with Gasteiger partial charge in [-0.2, -0.15) is 0 Å². The van der Waals surface area contributed by atoms with E-state index in [1.807, 2.05) is 37.3 Å². The predicted octanol–water partition coefficient (Wildman–Crippen LogP) is 2.81. The topological polar surface area (TPSA) is 61.8 Å². The molecule has 8 heteroatoms. The van der Waals surface area contributed by atoms with E-state index in [1.54, 1.807) is 0 Å². The normalized spacial score (nSPS) is 18.8. The van der Waals surface area contributed by atoms with Crippen LogP contribution in [0.4, 0.5) is 0 Å². The first-order valence-electron chi connectivity index (χ1n) is 7.82. The first-order chi connectivity index (χ1) is 12.0. The smallest absolute Gasteiger partial charge is 0.266 e. The van der Waals surface area contributed by atoms with Crippen LogP contribution < -0.4 is 5.32 Å². The molecule has 0 bridgehead atoms. The zero-order chi connectivity index (χ0) is 17.8. The number of hydrogen-bond donors (Lipinski definition) is 1. The van der Waals surface area contributed by atoms with Crippen LogP contribution in [0.3, 0.4) is 0 Å². The minimum atomic E-state index is -0.148. The highest BCUT2D eigenvalue weighted by Crippen LogP contribution is 2.32. The number of amides is 2. The molecule has 130 valence electrons. The third-order valence-electron chi connectivity index (χ3n) is 3.64. The lowest BCUT2D eigenvalue weighted by atomic mass is 10.1. The molecule has 2 aliphatic rings. The summed E-state index contributed by atoms with van der Waals surface area (Å²) < 4.78 is 0.490. The Labute approximate surface area is 160 Å². The van der Waals surface area contributed by atoms with Gasteiger partial charge in [0.05, 0.1) is 11.4 Å². The molecule has 0 saturated carbocycles. The average Bonchev–Trinajstić information content (AvgIpc) is 3.17. The van der Waals surface area contributed by atoms with Gasteiger partial charge in [0.25, 0.3) is 5.91 Å². The van der Waals surface area contributed by atoms with Crippen LogP contribution in [0.2, 0.25) is 0 Å². The molecule has 2 heterocycles. The van der Waals surface area contributed by atoms with E-state index in [0.29, 0.717) is 14.4 Å². The van der Waals surface area contributed by atoms with Gasteiger partial charge >= 0.3 is 0 Å². The fourth-order valence-corrected chi connectivity index (χ4v) is 4.37. The van der Waals surface area contributed by atoms with Gasteiger partial charge in [0.2, 0.25) is 5.91 Å². The van der Waals surface area contributed by atoms with Gasteiger partial charge in [0, 0.05) is 18.7 Å². The van der Waals surface area contributed by atoms with Crippen molar-refractivity contribution in [3.8, 4) is 0 Å². The number of thioether (sulfide) groups is 2. The Morgan fingerprint density at radius 2 is 2.16 bits per heavy atom. The minimum absolute atomic E-state index is 0.143. The highest BCUT2D eigenvalue weighted by Gasteiger charge is 2.32. The summed E-state index contributed by atoms with van der Waals surface area (Å²) in [5.41, 5.74) is 2.13. The van der Waals surface area contributed by atoms with E-state index in [1.165, 1.54) is 34.0 Å². The lowest BCUT2D eigenvalue weighted by molar-refractivity contribution is -0.123. The molecule has 0 radical (unpaired) electrons. The Hall–Kier alpha value is -1.64. The first-order valence-corrected chi connectivity index (χ1v) is 10.0. The van der Waals surface area contributed by atoms with E-state index in [-0.39, 0.29) is 24.8 Å². The molecule has 1 N–H and O–H groups in total. The number of carbonyl (C=O) groups is 2. The Balaban J connectivity index is 1.59. The summed E-state index contributed by atoms with van der Waals surface area (Å²) in [6.45, 7) is 3.03. The third-order valence-corrected chi connectivity index (χ3v) is 5.91. The lowest BCUT2D eigenvalue weighted by Gasteiger charge is -2.13. The van der Waals surface area contributed by atoms with Crippen molar-refractivity contribution in [2.24, 2.45) is 4.99 Å². The van der Waals surface area contributed by atoms with E-state index in [4.69, 9.17) is 12.2 Å². The van der Waals surface area contributed by atoms with Gasteiger partial charge < -0.3 is 5.32 Å². The molecule has 0 aliphatic carbocycles. The van der Waals surface area contributed by atoms with Gasteiger partial charge in [-0.15, -0.1) is 0 Å². The number of hydrogen-bond acceptors (Lipinski definition) is 6. The molecule has 0 unspecified atom stereocenters. The second-order valence-electron chi connectivity index (χ2n) is 5.58. The zero-order valence-electron chi connectivity index (χ0n) is 13.7. The lowest BCUT2D eigenvalue weighted by Crippen LogP contribution is -2.34.